The first-order valence-electron chi connectivity index (χ1n) is 5.13. The van der Waals surface area contributed by atoms with Crippen LogP contribution < -0.4 is 0 Å². The smallest absolute Gasteiger partial charge is 0.147 e. The van der Waals surface area contributed by atoms with E-state index in [0.717, 1.165) is 11.8 Å². The molecule has 0 aliphatic heterocycles. The molecule has 0 amide bonds. The van der Waals surface area contributed by atoms with Crippen LogP contribution in [0.3, 0.4) is 0 Å². The van der Waals surface area contributed by atoms with E-state index in [1.165, 1.54) is 12.3 Å². The monoisotopic (exact) mass is 251 g/mol. The van der Waals surface area contributed by atoms with Crippen LogP contribution in [0.1, 0.15) is 22.8 Å². The minimum absolute atomic E-state index is 0.199. The fraction of sp³-hybridized carbons (Fsp3) is 0.154. The number of nitrogens with zero attached hydrogens (tertiary/aromatic N) is 1. The van der Waals surface area contributed by atoms with E-state index in [1.807, 2.05) is 0 Å². The van der Waals surface area contributed by atoms with Crippen LogP contribution in [0, 0.1) is 12.7 Å². The fourth-order valence-electron chi connectivity index (χ4n) is 1.70. The molecule has 2 rings (SSSR count). The van der Waals surface area contributed by atoms with Crippen molar-refractivity contribution >= 4 is 11.6 Å². The lowest BCUT2D eigenvalue weighted by atomic mass is 9.98. The number of aromatic nitrogens is 1. The van der Waals surface area contributed by atoms with E-state index in [-0.39, 0.29) is 5.56 Å². The second-order valence-electron chi connectivity index (χ2n) is 3.75. The van der Waals surface area contributed by atoms with Gasteiger partial charge in [0.05, 0.1) is 6.20 Å². The van der Waals surface area contributed by atoms with Crippen LogP contribution in [0.4, 0.5) is 4.39 Å². The third kappa shape index (κ3) is 2.30. The van der Waals surface area contributed by atoms with Crippen LogP contribution in [-0.4, -0.2) is 10.1 Å². The molecule has 0 fully saturated rings. The van der Waals surface area contributed by atoms with Gasteiger partial charge >= 0.3 is 0 Å². The van der Waals surface area contributed by atoms with Gasteiger partial charge in [0.2, 0.25) is 0 Å². The maximum absolute atomic E-state index is 13.5. The second kappa shape index (κ2) is 4.82. The van der Waals surface area contributed by atoms with Crippen molar-refractivity contribution in [3.05, 3.63) is 64.2 Å². The standard InChI is InChI=1S/C13H11ClFNO/c1-8-9(3-2-4-11(8)14)13(17)10-5-6-16-7-12(10)15/h2-7,13,17H,1H3. The van der Waals surface area contributed by atoms with Gasteiger partial charge in [0.15, 0.2) is 0 Å². The van der Waals surface area contributed by atoms with Gasteiger partial charge in [-0.05, 0) is 30.2 Å². The molecule has 4 heteroatoms. The minimum atomic E-state index is -1.03. The molecule has 1 N–H and O–H groups in total. The number of hydrogen-bond donors (Lipinski definition) is 1. The van der Waals surface area contributed by atoms with E-state index < -0.39 is 11.9 Å². The largest absolute Gasteiger partial charge is 0.384 e. The Labute approximate surface area is 104 Å². The molecule has 0 saturated heterocycles. The average molecular weight is 252 g/mol. The summed E-state index contributed by atoms with van der Waals surface area (Å²) in [5, 5.41) is 10.7. The Morgan fingerprint density at radius 3 is 2.76 bits per heavy atom. The summed E-state index contributed by atoms with van der Waals surface area (Å²) in [4.78, 5) is 3.65. The zero-order chi connectivity index (χ0) is 12.4. The van der Waals surface area contributed by atoms with Crippen molar-refractivity contribution in [2.75, 3.05) is 0 Å². The fourth-order valence-corrected chi connectivity index (χ4v) is 1.88. The van der Waals surface area contributed by atoms with Gasteiger partial charge in [-0.3, -0.25) is 4.98 Å². The molecule has 0 aliphatic rings. The summed E-state index contributed by atoms with van der Waals surface area (Å²) in [6.07, 6.45) is 1.50. The molecule has 0 radical (unpaired) electrons. The molecular formula is C13H11ClFNO. The minimum Gasteiger partial charge on any atom is -0.384 e. The number of pyridine rings is 1. The number of aliphatic hydroxyl groups excluding tert-OH is 1. The van der Waals surface area contributed by atoms with Crippen LogP contribution in [0.25, 0.3) is 0 Å². The van der Waals surface area contributed by atoms with E-state index in [0.29, 0.717) is 10.6 Å². The van der Waals surface area contributed by atoms with Crippen molar-refractivity contribution in [1.29, 1.82) is 0 Å². The van der Waals surface area contributed by atoms with Crippen molar-refractivity contribution in [1.82, 2.24) is 4.98 Å². The maximum atomic E-state index is 13.5. The second-order valence-corrected chi connectivity index (χ2v) is 4.16. The van der Waals surface area contributed by atoms with Gasteiger partial charge in [-0.2, -0.15) is 0 Å². The molecule has 0 saturated carbocycles. The van der Waals surface area contributed by atoms with Crippen LogP contribution in [-0.2, 0) is 0 Å². The third-order valence-corrected chi connectivity index (χ3v) is 3.11. The number of benzene rings is 1. The van der Waals surface area contributed by atoms with Gasteiger partial charge in [-0.15, -0.1) is 0 Å². The van der Waals surface area contributed by atoms with Crippen molar-refractivity contribution < 1.29 is 9.50 Å². The highest BCUT2D eigenvalue weighted by molar-refractivity contribution is 6.31. The summed E-state index contributed by atoms with van der Waals surface area (Å²) >= 11 is 5.97. The lowest BCUT2D eigenvalue weighted by Crippen LogP contribution is -2.05. The van der Waals surface area contributed by atoms with E-state index in [9.17, 15) is 9.50 Å². The quantitative estimate of drug-likeness (QED) is 0.889. The molecule has 2 nitrogen and oxygen atoms in total. The molecular weight excluding hydrogens is 241 g/mol. The van der Waals surface area contributed by atoms with Crippen LogP contribution in [0.5, 0.6) is 0 Å². The zero-order valence-corrected chi connectivity index (χ0v) is 9.95. The summed E-state index contributed by atoms with van der Waals surface area (Å²) in [6.45, 7) is 1.79. The first-order chi connectivity index (χ1) is 8.11. The molecule has 2 aromatic rings. The Kier molecular flexibility index (Phi) is 3.41. The summed E-state index contributed by atoms with van der Waals surface area (Å²) in [7, 11) is 0. The molecule has 1 aromatic carbocycles. The van der Waals surface area contributed by atoms with E-state index in [4.69, 9.17) is 11.6 Å². The molecule has 1 unspecified atom stereocenters. The number of aliphatic hydroxyl groups is 1. The van der Waals surface area contributed by atoms with Gasteiger partial charge in [0, 0.05) is 16.8 Å². The van der Waals surface area contributed by atoms with Gasteiger partial charge in [-0.1, -0.05) is 23.7 Å². The summed E-state index contributed by atoms with van der Waals surface area (Å²) in [5.41, 5.74) is 1.55. The molecule has 0 bridgehead atoms. The predicted octanol–water partition coefficient (Wildman–Crippen LogP) is 3.26. The summed E-state index contributed by atoms with van der Waals surface area (Å²) < 4.78 is 13.5. The van der Waals surface area contributed by atoms with E-state index >= 15 is 0 Å². The first kappa shape index (κ1) is 12.0. The van der Waals surface area contributed by atoms with Crippen molar-refractivity contribution in [3.63, 3.8) is 0 Å². The van der Waals surface area contributed by atoms with Crippen LogP contribution >= 0.6 is 11.6 Å². The average Bonchev–Trinajstić information content (AvgIpc) is 2.32. The van der Waals surface area contributed by atoms with Gasteiger partial charge in [0.1, 0.15) is 11.9 Å². The molecule has 0 aliphatic carbocycles. The van der Waals surface area contributed by atoms with Gasteiger partial charge in [-0.25, -0.2) is 4.39 Å². The highest BCUT2D eigenvalue weighted by Crippen LogP contribution is 2.29. The van der Waals surface area contributed by atoms with E-state index in [2.05, 4.69) is 4.98 Å². The normalized spacial score (nSPS) is 12.5. The Hall–Kier alpha value is -1.45. The molecule has 1 heterocycles. The lowest BCUT2D eigenvalue weighted by molar-refractivity contribution is 0.214. The summed E-state index contributed by atoms with van der Waals surface area (Å²) in [5.74, 6) is -0.528. The molecule has 1 atom stereocenters. The van der Waals surface area contributed by atoms with Crippen LogP contribution in [0.15, 0.2) is 36.7 Å². The predicted molar refractivity (Wildman–Crippen MR) is 64.4 cm³/mol. The number of hydrogen-bond acceptors (Lipinski definition) is 2. The summed E-state index contributed by atoms with van der Waals surface area (Å²) in [6, 6.07) is 6.65. The highest BCUT2D eigenvalue weighted by atomic mass is 35.5. The number of halogens is 2. The van der Waals surface area contributed by atoms with Crippen molar-refractivity contribution in [3.8, 4) is 0 Å². The van der Waals surface area contributed by atoms with Crippen LogP contribution in [0.2, 0.25) is 5.02 Å². The van der Waals surface area contributed by atoms with Crippen molar-refractivity contribution in [2.24, 2.45) is 0 Å². The first-order valence-corrected chi connectivity index (χ1v) is 5.51. The maximum Gasteiger partial charge on any atom is 0.147 e. The highest BCUT2D eigenvalue weighted by Gasteiger charge is 2.17. The van der Waals surface area contributed by atoms with E-state index in [1.54, 1.807) is 25.1 Å². The SMILES string of the molecule is Cc1c(Cl)cccc1C(O)c1ccncc1F. The van der Waals surface area contributed by atoms with Crippen molar-refractivity contribution in [2.45, 2.75) is 13.0 Å². The Morgan fingerprint density at radius 1 is 1.29 bits per heavy atom. The Balaban J connectivity index is 2.48. The number of rotatable bonds is 2. The van der Waals surface area contributed by atoms with Gasteiger partial charge in [0.25, 0.3) is 0 Å². The zero-order valence-electron chi connectivity index (χ0n) is 9.19. The molecule has 88 valence electrons. The molecule has 0 spiro atoms. The Morgan fingerprint density at radius 2 is 2.06 bits per heavy atom. The van der Waals surface area contributed by atoms with Gasteiger partial charge < -0.3 is 5.11 Å². The topological polar surface area (TPSA) is 33.1 Å². The molecule has 17 heavy (non-hydrogen) atoms. The third-order valence-electron chi connectivity index (χ3n) is 2.70. The molecule has 1 aromatic heterocycles. The lowest BCUT2D eigenvalue weighted by Gasteiger charge is -2.15. The Bertz CT molecular complexity index is 545.